The Hall–Kier alpha value is -1.11. The molecule has 2 atom stereocenters. The summed E-state index contributed by atoms with van der Waals surface area (Å²) >= 11 is 7.58. The van der Waals surface area contributed by atoms with E-state index in [2.05, 4.69) is 0 Å². The number of carbonyl (C=O) groups is 2. The third-order valence-corrected chi connectivity index (χ3v) is 6.08. The lowest BCUT2D eigenvalue weighted by molar-refractivity contribution is -0.104. The predicted molar refractivity (Wildman–Crippen MR) is 79.5 cm³/mol. The lowest BCUT2D eigenvalue weighted by atomic mass is 9.81. The van der Waals surface area contributed by atoms with Crippen molar-refractivity contribution in [2.75, 3.05) is 13.2 Å². The number of amides is 1. The fraction of sp³-hybridized carbons (Fsp3) is 0.571. The molecule has 7 heteroatoms. The summed E-state index contributed by atoms with van der Waals surface area (Å²) in [5.41, 5.74) is 1.07. The van der Waals surface area contributed by atoms with Crippen molar-refractivity contribution < 1.29 is 19.4 Å². The Kier molecular flexibility index (Phi) is 3.71. The van der Waals surface area contributed by atoms with Crippen molar-refractivity contribution in [3.8, 4) is 0 Å². The summed E-state index contributed by atoms with van der Waals surface area (Å²) < 4.78 is 6.57. The summed E-state index contributed by atoms with van der Waals surface area (Å²) in [6.07, 6.45) is 1.80. The lowest BCUT2D eigenvalue weighted by Crippen LogP contribution is -2.51. The van der Waals surface area contributed by atoms with Gasteiger partial charge in [0.25, 0.3) is 0 Å². The molecule has 2 aliphatic rings. The van der Waals surface area contributed by atoms with Crippen molar-refractivity contribution in [3.05, 3.63) is 20.3 Å². The second-order valence-electron chi connectivity index (χ2n) is 5.59. The highest BCUT2D eigenvalue weighted by Gasteiger charge is 2.46. The van der Waals surface area contributed by atoms with Gasteiger partial charge in [-0.1, -0.05) is 11.6 Å². The molecule has 114 valence electrons. The standard InChI is InChI=1S/C14H16ClNO4S/c1-8-6-14(3-4-16(8)13(18)19)11-9(2-5-20-14)10(7-17)12(15)21-11/h7-8H,2-6H2,1H3,(H,18,19)/t8-,14+/m0/s1. The molecule has 5 nitrogen and oxygen atoms in total. The molecule has 1 N–H and O–H groups in total. The van der Waals surface area contributed by atoms with E-state index in [1.807, 2.05) is 6.92 Å². The van der Waals surface area contributed by atoms with E-state index < -0.39 is 11.7 Å². The van der Waals surface area contributed by atoms with Crippen LogP contribution in [0.15, 0.2) is 0 Å². The van der Waals surface area contributed by atoms with Gasteiger partial charge in [0.15, 0.2) is 6.29 Å². The molecule has 1 saturated heterocycles. The number of carboxylic acid groups (broad SMARTS) is 1. The predicted octanol–water partition coefficient (Wildman–Crippen LogP) is 3.14. The minimum Gasteiger partial charge on any atom is -0.465 e. The first-order valence-corrected chi connectivity index (χ1v) is 8.08. The number of likely N-dealkylation sites (tertiary alicyclic amines) is 1. The van der Waals surface area contributed by atoms with Crippen molar-refractivity contribution in [1.29, 1.82) is 0 Å². The molecule has 3 rings (SSSR count). The first kappa shape index (κ1) is 14.8. The van der Waals surface area contributed by atoms with E-state index >= 15 is 0 Å². The van der Waals surface area contributed by atoms with Crippen LogP contribution in [0.3, 0.4) is 0 Å². The number of fused-ring (bicyclic) bond motifs is 2. The second kappa shape index (κ2) is 5.26. The molecule has 1 spiro atoms. The maximum absolute atomic E-state index is 11.2. The first-order valence-electron chi connectivity index (χ1n) is 6.89. The number of piperidine rings is 1. The SMILES string of the molecule is C[C@H]1C[C@@]2(CCN1C(=O)O)OCCc1c2sc(Cl)c1C=O. The maximum Gasteiger partial charge on any atom is 0.407 e. The summed E-state index contributed by atoms with van der Waals surface area (Å²) in [5, 5.41) is 9.20. The zero-order chi connectivity index (χ0) is 15.2. The molecule has 2 aliphatic heterocycles. The molecule has 0 bridgehead atoms. The number of hydrogen-bond donors (Lipinski definition) is 1. The van der Waals surface area contributed by atoms with Gasteiger partial charge in [-0.25, -0.2) is 4.79 Å². The Labute approximate surface area is 131 Å². The van der Waals surface area contributed by atoms with E-state index in [0.717, 1.165) is 16.7 Å². The second-order valence-corrected chi connectivity index (χ2v) is 7.21. The van der Waals surface area contributed by atoms with Gasteiger partial charge in [0.2, 0.25) is 0 Å². The highest BCUT2D eigenvalue weighted by molar-refractivity contribution is 7.17. The Morgan fingerprint density at radius 1 is 1.62 bits per heavy atom. The molecule has 1 amide bonds. The number of hydrogen-bond acceptors (Lipinski definition) is 4. The van der Waals surface area contributed by atoms with Crippen LogP contribution < -0.4 is 0 Å². The minimum absolute atomic E-state index is 0.122. The van der Waals surface area contributed by atoms with Gasteiger partial charge >= 0.3 is 6.09 Å². The van der Waals surface area contributed by atoms with Gasteiger partial charge in [0.1, 0.15) is 9.94 Å². The van der Waals surface area contributed by atoms with E-state index in [4.69, 9.17) is 16.3 Å². The van der Waals surface area contributed by atoms with Gasteiger partial charge < -0.3 is 14.7 Å². The van der Waals surface area contributed by atoms with Crippen molar-refractivity contribution in [3.63, 3.8) is 0 Å². The third-order valence-electron chi connectivity index (χ3n) is 4.42. The van der Waals surface area contributed by atoms with E-state index in [1.54, 1.807) is 0 Å². The van der Waals surface area contributed by atoms with Gasteiger partial charge in [-0.2, -0.15) is 0 Å². The highest BCUT2D eigenvalue weighted by Crippen LogP contribution is 2.49. The molecule has 21 heavy (non-hydrogen) atoms. The zero-order valence-electron chi connectivity index (χ0n) is 11.6. The van der Waals surface area contributed by atoms with Gasteiger partial charge in [-0.3, -0.25) is 4.79 Å². The highest BCUT2D eigenvalue weighted by atomic mass is 35.5. The molecule has 0 saturated carbocycles. The summed E-state index contributed by atoms with van der Waals surface area (Å²) in [6, 6.07) is -0.122. The van der Waals surface area contributed by atoms with Crippen molar-refractivity contribution in [2.24, 2.45) is 0 Å². The zero-order valence-corrected chi connectivity index (χ0v) is 13.2. The number of aldehydes is 1. The van der Waals surface area contributed by atoms with E-state index in [1.165, 1.54) is 16.2 Å². The number of halogens is 1. The first-order chi connectivity index (χ1) is 9.98. The van der Waals surface area contributed by atoms with Crippen molar-refractivity contribution >= 4 is 35.3 Å². The lowest BCUT2D eigenvalue weighted by Gasteiger charge is -2.46. The van der Waals surface area contributed by atoms with Gasteiger partial charge in [0, 0.05) is 29.4 Å². The molecule has 0 unspecified atom stereocenters. The van der Waals surface area contributed by atoms with Crippen LogP contribution in [0.25, 0.3) is 0 Å². The van der Waals surface area contributed by atoms with Crippen LogP contribution in [0.5, 0.6) is 0 Å². The average Bonchev–Trinajstić information content (AvgIpc) is 2.76. The van der Waals surface area contributed by atoms with Gasteiger partial charge in [0.05, 0.1) is 6.61 Å². The summed E-state index contributed by atoms with van der Waals surface area (Å²) in [6.45, 7) is 2.87. The Bertz CT molecular complexity index is 602. The quantitative estimate of drug-likeness (QED) is 0.804. The Morgan fingerprint density at radius 2 is 2.38 bits per heavy atom. The van der Waals surface area contributed by atoms with Crippen LogP contribution in [-0.4, -0.2) is 41.6 Å². The van der Waals surface area contributed by atoms with Crippen LogP contribution in [-0.2, 0) is 16.8 Å². The Morgan fingerprint density at radius 3 is 3.00 bits per heavy atom. The molecule has 1 aromatic heterocycles. The summed E-state index contributed by atoms with van der Waals surface area (Å²) in [4.78, 5) is 24.9. The number of rotatable bonds is 1. The third kappa shape index (κ3) is 2.25. The minimum atomic E-state index is -0.897. The van der Waals surface area contributed by atoms with Crippen LogP contribution in [0.2, 0.25) is 4.34 Å². The molecule has 3 heterocycles. The van der Waals surface area contributed by atoms with Gasteiger partial charge in [-0.05, 0) is 25.3 Å². The summed E-state index contributed by atoms with van der Waals surface area (Å²) in [5.74, 6) is 0. The number of carbonyl (C=O) groups excluding carboxylic acids is 1. The molecule has 0 aliphatic carbocycles. The largest absolute Gasteiger partial charge is 0.465 e. The monoisotopic (exact) mass is 329 g/mol. The number of nitrogens with zero attached hydrogens (tertiary/aromatic N) is 1. The topological polar surface area (TPSA) is 66.8 Å². The molecule has 1 fully saturated rings. The normalized spacial score (nSPS) is 28.5. The van der Waals surface area contributed by atoms with Crippen LogP contribution in [0.4, 0.5) is 4.79 Å². The fourth-order valence-electron chi connectivity index (χ4n) is 3.43. The molecular weight excluding hydrogens is 314 g/mol. The molecule has 0 radical (unpaired) electrons. The molecular formula is C14H16ClNO4S. The molecule has 0 aromatic carbocycles. The Balaban J connectivity index is 1.99. The average molecular weight is 330 g/mol. The van der Waals surface area contributed by atoms with Crippen molar-refractivity contribution in [2.45, 2.75) is 37.8 Å². The summed E-state index contributed by atoms with van der Waals surface area (Å²) in [7, 11) is 0. The van der Waals surface area contributed by atoms with Gasteiger partial charge in [-0.15, -0.1) is 11.3 Å². The molecule has 1 aromatic rings. The van der Waals surface area contributed by atoms with E-state index in [0.29, 0.717) is 42.3 Å². The van der Waals surface area contributed by atoms with Crippen LogP contribution >= 0.6 is 22.9 Å². The van der Waals surface area contributed by atoms with E-state index in [-0.39, 0.29) is 6.04 Å². The number of ether oxygens (including phenoxy) is 1. The fourth-order valence-corrected chi connectivity index (χ4v) is 5.04. The number of thiophene rings is 1. The maximum atomic E-state index is 11.2. The smallest absolute Gasteiger partial charge is 0.407 e. The van der Waals surface area contributed by atoms with E-state index in [9.17, 15) is 14.7 Å². The van der Waals surface area contributed by atoms with Crippen LogP contribution in [0, 0.1) is 0 Å². The van der Waals surface area contributed by atoms with Crippen molar-refractivity contribution in [1.82, 2.24) is 4.90 Å². The van der Waals surface area contributed by atoms with Crippen LogP contribution in [0.1, 0.15) is 40.6 Å².